The fourth-order valence-electron chi connectivity index (χ4n) is 3.19. The van der Waals surface area contributed by atoms with E-state index in [2.05, 4.69) is 10.3 Å². The molecular formula is C19H25N3O3. The highest BCUT2D eigenvalue weighted by molar-refractivity contribution is 5.93. The summed E-state index contributed by atoms with van der Waals surface area (Å²) in [5, 5.41) is 7.11. The number of piperazine rings is 1. The number of hydrogen-bond donors (Lipinski definition) is 1. The number of carbonyl (C=O) groups is 2. The second kappa shape index (κ2) is 8.27. The van der Waals surface area contributed by atoms with E-state index in [1.807, 2.05) is 30.3 Å². The first-order valence-electron chi connectivity index (χ1n) is 8.86. The molecule has 3 rings (SSSR count). The fourth-order valence-corrected chi connectivity index (χ4v) is 3.19. The van der Waals surface area contributed by atoms with Gasteiger partial charge in [-0.2, -0.15) is 0 Å². The minimum absolute atomic E-state index is 0.00940. The molecule has 0 spiro atoms. The Morgan fingerprint density at radius 3 is 2.52 bits per heavy atom. The fraction of sp³-hybridized carbons (Fsp3) is 0.474. The van der Waals surface area contributed by atoms with E-state index in [1.54, 1.807) is 11.9 Å². The first-order chi connectivity index (χ1) is 12.1. The van der Waals surface area contributed by atoms with E-state index in [0.717, 1.165) is 43.9 Å². The smallest absolute Gasteiger partial charge is 0.238 e. The maximum Gasteiger partial charge on any atom is 0.238 e. The quantitative estimate of drug-likeness (QED) is 0.851. The number of Topliss-reactive ketones (excluding diaryl/α,β-unsaturated/α-hetero) is 1. The number of aryl methyl sites for hydroxylation is 1. The molecule has 1 fully saturated rings. The summed E-state index contributed by atoms with van der Waals surface area (Å²) in [7, 11) is 0. The van der Waals surface area contributed by atoms with Crippen LogP contribution in [-0.4, -0.2) is 49.5 Å². The number of nitrogens with one attached hydrogen (secondary N) is 1. The van der Waals surface area contributed by atoms with Crippen LogP contribution in [0.2, 0.25) is 0 Å². The normalized spacial score (nSPS) is 17.7. The first-order valence-corrected chi connectivity index (χ1v) is 8.86. The molecule has 1 aromatic carbocycles. The van der Waals surface area contributed by atoms with Crippen molar-refractivity contribution in [3.63, 3.8) is 0 Å². The van der Waals surface area contributed by atoms with Crippen LogP contribution in [-0.2, 0) is 20.7 Å². The van der Waals surface area contributed by atoms with Gasteiger partial charge in [-0.1, -0.05) is 12.1 Å². The van der Waals surface area contributed by atoms with Crippen molar-refractivity contribution in [2.24, 2.45) is 0 Å². The molecule has 25 heavy (non-hydrogen) atoms. The highest BCUT2D eigenvalue weighted by Crippen LogP contribution is 2.20. The summed E-state index contributed by atoms with van der Waals surface area (Å²) >= 11 is 0. The van der Waals surface area contributed by atoms with Gasteiger partial charge in [0.1, 0.15) is 0 Å². The molecule has 1 saturated heterocycles. The van der Waals surface area contributed by atoms with Crippen LogP contribution in [0.25, 0.3) is 0 Å². The molecule has 0 atom stereocenters. The van der Waals surface area contributed by atoms with E-state index in [1.165, 1.54) is 0 Å². The lowest BCUT2D eigenvalue weighted by atomic mass is 10.1. The Bertz CT molecular complexity index is 648. The molecule has 0 aromatic heterocycles. The molecule has 0 bridgehead atoms. The van der Waals surface area contributed by atoms with Gasteiger partial charge in [0.2, 0.25) is 5.91 Å². The monoisotopic (exact) mass is 343 g/mol. The lowest BCUT2D eigenvalue weighted by molar-refractivity contribution is -0.120. The molecule has 6 heteroatoms. The zero-order chi connectivity index (χ0) is 17.6. The highest BCUT2D eigenvalue weighted by Gasteiger charge is 2.22. The Balaban J connectivity index is 1.61. The number of carbonyl (C=O) groups excluding carboxylic acids is 2. The molecule has 2 aliphatic rings. The highest BCUT2D eigenvalue weighted by atomic mass is 16.5. The van der Waals surface area contributed by atoms with Crippen molar-refractivity contribution >= 4 is 17.4 Å². The number of ketones is 1. The maximum atomic E-state index is 12.1. The minimum Gasteiger partial charge on any atom is -0.490 e. The summed E-state index contributed by atoms with van der Waals surface area (Å²) < 4.78 is 5.30. The molecule has 134 valence electrons. The van der Waals surface area contributed by atoms with E-state index >= 15 is 0 Å². The van der Waals surface area contributed by atoms with Gasteiger partial charge < -0.3 is 10.1 Å². The molecular weight excluding hydrogens is 318 g/mol. The molecule has 1 amide bonds. The average Bonchev–Trinajstić information content (AvgIpc) is 3.16. The summed E-state index contributed by atoms with van der Waals surface area (Å²) in [5.41, 5.74) is 1.95. The van der Waals surface area contributed by atoms with Crippen LogP contribution in [0.3, 0.4) is 0 Å². The minimum atomic E-state index is 0.00940. The number of ether oxygens (including phenoxy) is 1. The van der Waals surface area contributed by atoms with Crippen LogP contribution in [0.15, 0.2) is 36.1 Å². The van der Waals surface area contributed by atoms with Gasteiger partial charge in [0, 0.05) is 45.9 Å². The van der Waals surface area contributed by atoms with Gasteiger partial charge in [0.15, 0.2) is 11.5 Å². The molecule has 0 unspecified atom stereocenters. The lowest BCUT2D eigenvalue weighted by Crippen LogP contribution is -2.54. The third kappa shape index (κ3) is 4.46. The SMILES string of the molecule is CC(=O)N(c1ccc(CCC(=O)C2=CCCO2)cc1)N1CCNCC1. The van der Waals surface area contributed by atoms with Gasteiger partial charge in [0.05, 0.1) is 12.3 Å². The summed E-state index contributed by atoms with van der Waals surface area (Å²) in [6.45, 7) is 5.58. The zero-order valence-corrected chi connectivity index (χ0v) is 14.7. The standard InChI is InChI=1S/C19H25N3O3/c1-15(23)22(21-12-10-20-11-13-21)17-7-4-16(5-8-17)6-9-18(24)19-3-2-14-25-19/h3-5,7-8,20H,2,6,9-14H2,1H3. The van der Waals surface area contributed by atoms with E-state index in [4.69, 9.17) is 4.74 Å². The van der Waals surface area contributed by atoms with Gasteiger partial charge >= 0.3 is 0 Å². The molecule has 1 N–H and O–H groups in total. The molecule has 0 aliphatic carbocycles. The Hall–Kier alpha value is -2.18. The van der Waals surface area contributed by atoms with E-state index in [-0.39, 0.29) is 11.7 Å². The molecule has 1 aromatic rings. The van der Waals surface area contributed by atoms with Crippen LogP contribution in [0, 0.1) is 0 Å². The van der Waals surface area contributed by atoms with Gasteiger partial charge in [-0.15, -0.1) is 0 Å². The van der Waals surface area contributed by atoms with Crippen LogP contribution < -0.4 is 10.3 Å². The zero-order valence-electron chi connectivity index (χ0n) is 14.7. The van der Waals surface area contributed by atoms with Crippen LogP contribution in [0.5, 0.6) is 0 Å². The largest absolute Gasteiger partial charge is 0.490 e. The Kier molecular flexibility index (Phi) is 5.83. The third-order valence-electron chi connectivity index (χ3n) is 4.48. The summed E-state index contributed by atoms with van der Waals surface area (Å²) in [5.74, 6) is 0.584. The van der Waals surface area contributed by atoms with Crippen LogP contribution >= 0.6 is 0 Å². The molecule has 0 radical (unpaired) electrons. The van der Waals surface area contributed by atoms with Gasteiger partial charge in [-0.3, -0.25) is 9.59 Å². The van der Waals surface area contributed by atoms with Crippen molar-refractivity contribution in [1.29, 1.82) is 0 Å². The Morgan fingerprint density at radius 2 is 1.92 bits per heavy atom. The van der Waals surface area contributed by atoms with Crippen molar-refractivity contribution in [3.05, 3.63) is 41.7 Å². The second-order valence-corrected chi connectivity index (χ2v) is 6.33. The van der Waals surface area contributed by atoms with Crippen molar-refractivity contribution in [2.75, 3.05) is 37.8 Å². The number of hydrogen-bond acceptors (Lipinski definition) is 5. The summed E-state index contributed by atoms with van der Waals surface area (Å²) in [6.07, 6.45) is 3.80. The molecule has 6 nitrogen and oxygen atoms in total. The average molecular weight is 343 g/mol. The van der Waals surface area contributed by atoms with Crippen LogP contribution in [0.4, 0.5) is 5.69 Å². The summed E-state index contributed by atoms with van der Waals surface area (Å²) in [6, 6.07) is 7.89. The van der Waals surface area contributed by atoms with Crippen molar-refractivity contribution in [2.45, 2.75) is 26.2 Å². The summed E-state index contributed by atoms with van der Waals surface area (Å²) in [4.78, 5) is 24.1. The number of anilines is 1. The number of rotatable bonds is 6. The molecule has 0 saturated carbocycles. The first kappa shape index (κ1) is 17.6. The van der Waals surface area contributed by atoms with Gasteiger partial charge in [-0.25, -0.2) is 10.0 Å². The number of amides is 1. The Labute approximate surface area is 148 Å². The molecule has 2 heterocycles. The van der Waals surface area contributed by atoms with Crippen molar-refractivity contribution in [1.82, 2.24) is 10.3 Å². The van der Waals surface area contributed by atoms with E-state index < -0.39 is 0 Å². The molecule has 2 aliphatic heterocycles. The Morgan fingerprint density at radius 1 is 1.20 bits per heavy atom. The maximum absolute atomic E-state index is 12.1. The van der Waals surface area contributed by atoms with Gasteiger partial charge in [-0.05, 0) is 30.2 Å². The lowest BCUT2D eigenvalue weighted by Gasteiger charge is -2.37. The predicted molar refractivity (Wildman–Crippen MR) is 96.0 cm³/mol. The van der Waals surface area contributed by atoms with Crippen LogP contribution in [0.1, 0.15) is 25.3 Å². The van der Waals surface area contributed by atoms with E-state index in [0.29, 0.717) is 25.2 Å². The van der Waals surface area contributed by atoms with Gasteiger partial charge in [0.25, 0.3) is 0 Å². The number of hydrazine groups is 1. The van der Waals surface area contributed by atoms with E-state index in [9.17, 15) is 9.59 Å². The predicted octanol–water partition coefficient (Wildman–Crippen LogP) is 1.67. The second-order valence-electron chi connectivity index (χ2n) is 6.33. The van der Waals surface area contributed by atoms with Crippen molar-refractivity contribution in [3.8, 4) is 0 Å². The number of benzene rings is 1. The number of allylic oxidation sites excluding steroid dienone is 1. The third-order valence-corrected chi connectivity index (χ3v) is 4.48. The van der Waals surface area contributed by atoms with Crippen molar-refractivity contribution < 1.29 is 14.3 Å². The topological polar surface area (TPSA) is 61.9 Å². The number of nitrogens with zero attached hydrogens (tertiary/aromatic N) is 2.